The predicted molar refractivity (Wildman–Crippen MR) is 115 cm³/mol. The van der Waals surface area contributed by atoms with E-state index in [0.717, 1.165) is 43.0 Å². The lowest BCUT2D eigenvalue weighted by atomic mass is 10.0. The molecule has 5 rings (SSSR count). The normalized spacial score (nSPS) is 24.0. The second kappa shape index (κ2) is 8.59. The van der Waals surface area contributed by atoms with Crippen LogP contribution in [0.4, 0.5) is 4.79 Å². The zero-order chi connectivity index (χ0) is 21.2. The van der Waals surface area contributed by atoms with Gasteiger partial charge in [-0.25, -0.2) is 4.79 Å². The Morgan fingerprint density at radius 1 is 0.968 bits per heavy atom. The Balaban J connectivity index is 1.20. The maximum atomic E-state index is 13.0. The Labute approximate surface area is 182 Å². The van der Waals surface area contributed by atoms with Crippen LogP contribution in [0, 0.1) is 0 Å². The molecular formula is C24H27N3O4. The molecule has 2 fully saturated rings. The summed E-state index contributed by atoms with van der Waals surface area (Å²) in [5.41, 5.74) is 1.03. The van der Waals surface area contributed by atoms with Crippen LogP contribution in [0.2, 0.25) is 0 Å². The number of carbonyl (C=O) groups is 2. The van der Waals surface area contributed by atoms with E-state index in [2.05, 4.69) is 4.90 Å². The van der Waals surface area contributed by atoms with Gasteiger partial charge < -0.3 is 14.4 Å². The van der Waals surface area contributed by atoms with E-state index in [-0.39, 0.29) is 30.6 Å². The standard InChI is InChI=1S/C24H27N3O4/c28-23-16-26(13-18-7-2-1-3-8-18)24(29)27(23)19-9-6-12-25(14-19)15-20-17-30-21-10-4-5-11-22(21)31-20/h1-5,7-8,10-11,19-20H,6,9,12-17H2/t19-,20-/m0/s1. The Morgan fingerprint density at radius 2 is 1.74 bits per heavy atom. The van der Waals surface area contributed by atoms with Crippen molar-refractivity contribution in [2.75, 3.05) is 32.8 Å². The van der Waals surface area contributed by atoms with Crippen LogP contribution in [0.5, 0.6) is 11.5 Å². The van der Waals surface area contributed by atoms with E-state index in [1.165, 1.54) is 4.90 Å². The van der Waals surface area contributed by atoms with Crippen LogP contribution in [0.1, 0.15) is 18.4 Å². The number of urea groups is 1. The number of imide groups is 1. The largest absolute Gasteiger partial charge is 0.486 e. The fraction of sp³-hybridized carbons (Fsp3) is 0.417. The van der Waals surface area contributed by atoms with Crippen LogP contribution in [0.25, 0.3) is 0 Å². The lowest BCUT2D eigenvalue weighted by Gasteiger charge is -2.38. The summed E-state index contributed by atoms with van der Waals surface area (Å²) < 4.78 is 11.9. The zero-order valence-electron chi connectivity index (χ0n) is 17.5. The van der Waals surface area contributed by atoms with Crippen molar-refractivity contribution < 1.29 is 19.1 Å². The van der Waals surface area contributed by atoms with E-state index >= 15 is 0 Å². The number of fused-ring (bicyclic) bond motifs is 1. The second-order valence-corrected chi connectivity index (χ2v) is 8.44. The lowest BCUT2D eigenvalue weighted by Crippen LogP contribution is -2.53. The molecule has 0 bridgehead atoms. The van der Waals surface area contributed by atoms with Crippen molar-refractivity contribution >= 4 is 11.9 Å². The first kappa shape index (κ1) is 19.9. The summed E-state index contributed by atoms with van der Waals surface area (Å²) in [5.74, 6) is 1.45. The number of para-hydroxylation sites is 2. The van der Waals surface area contributed by atoms with Crippen molar-refractivity contribution in [3.63, 3.8) is 0 Å². The molecule has 3 amide bonds. The molecule has 3 aliphatic rings. The fourth-order valence-corrected chi connectivity index (χ4v) is 4.70. The SMILES string of the molecule is O=C1CN(Cc2ccccc2)C(=O)N1[C@H]1CCCN(C[C@H]2COc3ccccc3O2)C1. The average Bonchev–Trinajstić information content (AvgIpc) is 3.07. The maximum absolute atomic E-state index is 13.0. The number of hydrogen-bond donors (Lipinski definition) is 0. The lowest BCUT2D eigenvalue weighted by molar-refractivity contribution is -0.127. The number of nitrogens with zero attached hydrogens (tertiary/aromatic N) is 3. The number of benzene rings is 2. The van der Waals surface area contributed by atoms with Crippen LogP contribution in [-0.4, -0.2) is 71.6 Å². The van der Waals surface area contributed by atoms with Crippen LogP contribution in [0.3, 0.4) is 0 Å². The van der Waals surface area contributed by atoms with Crippen molar-refractivity contribution in [2.24, 2.45) is 0 Å². The first-order valence-electron chi connectivity index (χ1n) is 10.9. The highest BCUT2D eigenvalue weighted by atomic mass is 16.6. The number of hydrogen-bond acceptors (Lipinski definition) is 5. The number of carbonyl (C=O) groups excluding carboxylic acids is 2. The topological polar surface area (TPSA) is 62.3 Å². The van der Waals surface area contributed by atoms with E-state index in [1.54, 1.807) is 4.90 Å². The summed E-state index contributed by atoms with van der Waals surface area (Å²) in [6.07, 6.45) is 1.73. The van der Waals surface area contributed by atoms with Gasteiger partial charge in [0.25, 0.3) is 5.91 Å². The average molecular weight is 421 g/mol. The van der Waals surface area contributed by atoms with Crippen molar-refractivity contribution in [3.8, 4) is 11.5 Å². The van der Waals surface area contributed by atoms with E-state index in [9.17, 15) is 9.59 Å². The number of ether oxygens (including phenoxy) is 2. The van der Waals surface area contributed by atoms with Crippen LogP contribution in [-0.2, 0) is 11.3 Å². The molecule has 2 aromatic carbocycles. The van der Waals surface area contributed by atoms with Crippen molar-refractivity contribution in [1.82, 2.24) is 14.7 Å². The summed E-state index contributed by atoms with van der Waals surface area (Å²) in [5, 5.41) is 0. The van der Waals surface area contributed by atoms with Crippen LogP contribution in [0.15, 0.2) is 54.6 Å². The molecule has 0 unspecified atom stereocenters. The van der Waals surface area contributed by atoms with Gasteiger partial charge in [0.1, 0.15) is 19.3 Å². The van der Waals surface area contributed by atoms with Gasteiger partial charge in [0.05, 0.1) is 6.04 Å². The first-order chi connectivity index (χ1) is 15.2. The van der Waals surface area contributed by atoms with Gasteiger partial charge in [-0.1, -0.05) is 42.5 Å². The Bertz CT molecular complexity index is 951. The predicted octanol–water partition coefficient (Wildman–Crippen LogP) is 2.76. The van der Waals surface area contributed by atoms with Gasteiger partial charge in [-0.2, -0.15) is 0 Å². The third-order valence-corrected chi connectivity index (χ3v) is 6.16. The van der Waals surface area contributed by atoms with Crippen molar-refractivity contribution in [3.05, 3.63) is 60.2 Å². The monoisotopic (exact) mass is 421 g/mol. The minimum Gasteiger partial charge on any atom is -0.486 e. The molecule has 3 heterocycles. The molecule has 0 aromatic heterocycles. The molecule has 0 aliphatic carbocycles. The molecule has 0 saturated carbocycles. The van der Waals surface area contributed by atoms with Crippen molar-refractivity contribution in [2.45, 2.75) is 31.5 Å². The fourth-order valence-electron chi connectivity index (χ4n) is 4.70. The molecule has 2 aromatic rings. The number of likely N-dealkylation sites (tertiary alicyclic amines) is 1. The first-order valence-corrected chi connectivity index (χ1v) is 10.9. The highest BCUT2D eigenvalue weighted by Crippen LogP contribution is 2.31. The Hall–Kier alpha value is -3.06. The number of amides is 3. The summed E-state index contributed by atoms with van der Waals surface area (Å²) in [4.78, 5) is 31.2. The van der Waals surface area contributed by atoms with Gasteiger partial charge >= 0.3 is 6.03 Å². The van der Waals surface area contributed by atoms with Crippen LogP contribution < -0.4 is 9.47 Å². The maximum Gasteiger partial charge on any atom is 0.327 e. The summed E-state index contributed by atoms with van der Waals surface area (Å²) >= 11 is 0. The summed E-state index contributed by atoms with van der Waals surface area (Å²) in [6, 6.07) is 17.2. The molecule has 162 valence electrons. The number of rotatable bonds is 5. The molecule has 2 saturated heterocycles. The smallest absolute Gasteiger partial charge is 0.327 e. The number of piperidine rings is 1. The van der Waals surface area contributed by atoms with E-state index in [4.69, 9.17) is 9.47 Å². The quantitative estimate of drug-likeness (QED) is 0.695. The minimum atomic E-state index is -0.174. The van der Waals surface area contributed by atoms with E-state index in [0.29, 0.717) is 19.7 Å². The van der Waals surface area contributed by atoms with Crippen molar-refractivity contribution in [1.29, 1.82) is 0 Å². The van der Waals surface area contributed by atoms with E-state index < -0.39 is 0 Å². The third kappa shape index (κ3) is 4.23. The molecule has 31 heavy (non-hydrogen) atoms. The summed E-state index contributed by atoms with van der Waals surface area (Å²) in [7, 11) is 0. The minimum absolute atomic E-state index is 0.0618. The van der Waals surface area contributed by atoms with Crippen LogP contribution >= 0.6 is 0 Å². The molecule has 0 radical (unpaired) electrons. The Morgan fingerprint density at radius 3 is 2.58 bits per heavy atom. The van der Waals surface area contributed by atoms with Gasteiger partial charge in [-0.15, -0.1) is 0 Å². The van der Waals surface area contributed by atoms with Gasteiger partial charge in [-0.3, -0.25) is 14.6 Å². The van der Waals surface area contributed by atoms with Gasteiger partial charge in [0.15, 0.2) is 11.5 Å². The molecule has 0 spiro atoms. The Kier molecular flexibility index (Phi) is 5.51. The molecule has 0 N–H and O–H groups in total. The molecule has 7 heteroatoms. The van der Waals surface area contributed by atoms with Gasteiger partial charge in [-0.05, 0) is 37.1 Å². The highest BCUT2D eigenvalue weighted by Gasteiger charge is 2.42. The van der Waals surface area contributed by atoms with E-state index in [1.807, 2.05) is 54.6 Å². The molecule has 3 aliphatic heterocycles. The molecule has 7 nitrogen and oxygen atoms in total. The second-order valence-electron chi connectivity index (χ2n) is 8.44. The van der Waals surface area contributed by atoms with Gasteiger partial charge in [0, 0.05) is 19.6 Å². The summed E-state index contributed by atoms with van der Waals surface area (Å²) in [6.45, 7) is 3.45. The third-order valence-electron chi connectivity index (χ3n) is 6.16. The zero-order valence-corrected chi connectivity index (χ0v) is 17.5. The molecule has 2 atom stereocenters. The molecular weight excluding hydrogens is 394 g/mol. The van der Waals surface area contributed by atoms with Gasteiger partial charge in [0.2, 0.25) is 0 Å². The highest BCUT2D eigenvalue weighted by molar-refractivity contribution is 6.02.